The van der Waals surface area contributed by atoms with Gasteiger partial charge in [-0.1, -0.05) is 39.0 Å². The molecule has 1 spiro atoms. The summed E-state index contributed by atoms with van der Waals surface area (Å²) in [6.07, 6.45) is 3.04. The molecular formula is C25H34O6. The Morgan fingerprint density at radius 2 is 2.00 bits per heavy atom. The molecule has 2 bridgehead atoms. The first kappa shape index (κ1) is 22.4. The van der Waals surface area contributed by atoms with E-state index in [-0.39, 0.29) is 28.6 Å². The number of allylic oxidation sites excluding steroid dienone is 2. The monoisotopic (exact) mass is 430 g/mol. The second-order valence-corrected chi connectivity index (χ2v) is 10.6. The van der Waals surface area contributed by atoms with Gasteiger partial charge >= 0.3 is 5.97 Å². The molecular weight excluding hydrogens is 396 g/mol. The van der Waals surface area contributed by atoms with Crippen molar-refractivity contribution in [3.63, 3.8) is 0 Å². The molecule has 0 amide bonds. The Hall–Kier alpha value is -1.76. The predicted octanol–water partition coefficient (Wildman–Crippen LogP) is 2.33. The van der Waals surface area contributed by atoms with Gasteiger partial charge in [0.15, 0.2) is 17.5 Å². The number of Topliss-reactive ketones (excluding diaryl/α,β-unsaturated/α-hetero) is 1. The van der Waals surface area contributed by atoms with E-state index in [1.54, 1.807) is 39.0 Å². The van der Waals surface area contributed by atoms with E-state index in [0.29, 0.717) is 17.1 Å². The zero-order chi connectivity index (χ0) is 23.1. The van der Waals surface area contributed by atoms with Crippen LogP contribution in [0.1, 0.15) is 48.0 Å². The highest BCUT2D eigenvalue weighted by Crippen LogP contribution is 2.71. The number of ketones is 1. The Labute approximate surface area is 183 Å². The van der Waals surface area contributed by atoms with Crippen LogP contribution < -0.4 is 0 Å². The molecule has 8 atom stereocenters. The number of ether oxygens (including phenoxy) is 1. The van der Waals surface area contributed by atoms with E-state index < -0.39 is 41.7 Å². The fourth-order valence-corrected chi connectivity index (χ4v) is 6.91. The Balaban J connectivity index is 1.91. The van der Waals surface area contributed by atoms with E-state index >= 15 is 0 Å². The second kappa shape index (κ2) is 6.87. The first-order valence-corrected chi connectivity index (χ1v) is 11.2. The summed E-state index contributed by atoms with van der Waals surface area (Å²) < 4.78 is 5.72. The third-order valence-electron chi connectivity index (χ3n) is 8.88. The maximum Gasteiger partial charge on any atom is 0.334 e. The molecule has 4 aliphatic carbocycles. The largest absolute Gasteiger partial charge is 0.451 e. The lowest BCUT2D eigenvalue weighted by Crippen LogP contribution is -2.65. The van der Waals surface area contributed by atoms with E-state index in [4.69, 9.17) is 4.74 Å². The Morgan fingerprint density at radius 1 is 1.35 bits per heavy atom. The molecule has 2 fully saturated rings. The molecule has 0 saturated heterocycles. The smallest absolute Gasteiger partial charge is 0.334 e. The van der Waals surface area contributed by atoms with Gasteiger partial charge in [0.05, 0.1) is 12.0 Å². The molecule has 0 aromatic heterocycles. The number of esters is 1. The molecule has 31 heavy (non-hydrogen) atoms. The van der Waals surface area contributed by atoms with Crippen LogP contribution in [0.4, 0.5) is 0 Å². The molecule has 0 radical (unpaired) electrons. The Morgan fingerprint density at radius 3 is 2.58 bits per heavy atom. The zero-order valence-corrected chi connectivity index (χ0v) is 19.2. The summed E-state index contributed by atoms with van der Waals surface area (Å²) in [5.41, 5.74) is -2.36. The van der Waals surface area contributed by atoms with E-state index in [0.717, 1.165) is 6.42 Å². The van der Waals surface area contributed by atoms with Gasteiger partial charge in [0.1, 0.15) is 6.10 Å². The van der Waals surface area contributed by atoms with E-state index in [1.165, 1.54) is 0 Å². The number of fused-ring (bicyclic) bond motifs is 3. The van der Waals surface area contributed by atoms with Crippen LogP contribution in [0.25, 0.3) is 0 Å². The molecule has 0 aliphatic heterocycles. The van der Waals surface area contributed by atoms with Crippen molar-refractivity contribution < 1.29 is 29.6 Å². The fourth-order valence-electron chi connectivity index (χ4n) is 6.91. The summed E-state index contributed by atoms with van der Waals surface area (Å²) in [6.45, 7) is 10.8. The average Bonchev–Trinajstić information content (AvgIpc) is 3.21. The predicted molar refractivity (Wildman–Crippen MR) is 115 cm³/mol. The lowest BCUT2D eigenvalue weighted by atomic mass is 9.59. The summed E-state index contributed by atoms with van der Waals surface area (Å²) in [6, 6.07) is 0. The van der Waals surface area contributed by atoms with Crippen molar-refractivity contribution in [1.82, 2.24) is 0 Å². The van der Waals surface area contributed by atoms with E-state index in [1.807, 2.05) is 6.92 Å². The normalized spacial score (nSPS) is 45.6. The first-order valence-electron chi connectivity index (χ1n) is 11.2. The number of carbonyl (C=O) groups is 2. The third-order valence-corrected chi connectivity index (χ3v) is 8.88. The lowest BCUT2D eigenvalue weighted by Gasteiger charge is -2.48. The third kappa shape index (κ3) is 2.61. The molecule has 2 saturated carbocycles. The quantitative estimate of drug-likeness (QED) is 0.361. The number of hydrogen-bond acceptors (Lipinski definition) is 6. The molecule has 170 valence electrons. The van der Waals surface area contributed by atoms with Crippen LogP contribution in [0.5, 0.6) is 0 Å². The van der Waals surface area contributed by atoms with Gasteiger partial charge in [0, 0.05) is 11.5 Å². The van der Waals surface area contributed by atoms with Crippen molar-refractivity contribution in [3.05, 3.63) is 34.9 Å². The average molecular weight is 431 g/mol. The van der Waals surface area contributed by atoms with Gasteiger partial charge in [-0.2, -0.15) is 0 Å². The minimum Gasteiger partial charge on any atom is -0.451 e. The minimum absolute atomic E-state index is 0.0209. The number of carbonyl (C=O) groups excluding carboxylic acids is 2. The van der Waals surface area contributed by atoms with Crippen LogP contribution in [0.3, 0.4) is 0 Å². The SMILES string of the molecule is C/C=C(/C)C(=O)O[C@H]1C(C)=C[C@@]23C(=O)[C@@H](C=C(CO)[C@@H](O)[C@]12O)[C@@H]1[C@H](C[C@H]3C)C1(C)C. The van der Waals surface area contributed by atoms with Crippen molar-refractivity contribution >= 4 is 11.8 Å². The second-order valence-electron chi connectivity index (χ2n) is 10.6. The van der Waals surface area contributed by atoms with Gasteiger partial charge in [-0.05, 0) is 61.5 Å². The first-order chi connectivity index (χ1) is 14.4. The van der Waals surface area contributed by atoms with Crippen LogP contribution >= 0.6 is 0 Å². The standard InChI is InChI=1S/C25H34O6/c1-7-12(2)22(29)31-21-13(3)10-24-14(4)8-17-18(23(17,5)6)16(20(24)28)9-15(11-26)19(27)25(21,24)30/h7,9-10,14,16-19,21,26-27,30H,8,11H2,1-6H3/b12-7-/t14-,16+,17+,18-,19-,21+,24-,25+/m1/s1. The Bertz CT molecular complexity index is 926. The highest BCUT2D eigenvalue weighted by molar-refractivity contribution is 5.96. The molecule has 3 N–H and O–H groups in total. The number of aliphatic hydroxyl groups excluding tert-OH is 2. The summed E-state index contributed by atoms with van der Waals surface area (Å²) in [5.74, 6) is -1.13. The van der Waals surface area contributed by atoms with Crippen molar-refractivity contribution in [3.8, 4) is 0 Å². The van der Waals surface area contributed by atoms with Crippen LogP contribution in [0.2, 0.25) is 0 Å². The van der Waals surface area contributed by atoms with Gasteiger partial charge in [0.25, 0.3) is 0 Å². The van der Waals surface area contributed by atoms with Gasteiger partial charge < -0.3 is 20.1 Å². The maximum absolute atomic E-state index is 14.2. The molecule has 6 heteroatoms. The van der Waals surface area contributed by atoms with Crippen molar-refractivity contribution in [2.45, 2.75) is 65.8 Å². The van der Waals surface area contributed by atoms with Gasteiger partial charge in [-0.15, -0.1) is 0 Å². The van der Waals surface area contributed by atoms with Crippen molar-refractivity contribution in [2.75, 3.05) is 6.61 Å². The fraction of sp³-hybridized carbons (Fsp3) is 0.680. The molecule has 0 unspecified atom stereocenters. The number of rotatable bonds is 3. The summed E-state index contributed by atoms with van der Waals surface area (Å²) in [7, 11) is 0. The topological polar surface area (TPSA) is 104 Å². The molecule has 6 nitrogen and oxygen atoms in total. The van der Waals surface area contributed by atoms with Crippen molar-refractivity contribution in [2.24, 2.45) is 34.5 Å². The van der Waals surface area contributed by atoms with Crippen LogP contribution in [0, 0.1) is 34.5 Å². The summed E-state index contributed by atoms with van der Waals surface area (Å²) in [5, 5.41) is 33.7. The highest BCUT2D eigenvalue weighted by atomic mass is 16.6. The molecule has 0 aromatic rings. The summed E-state index contributed by atoms with van der Waals surface area (Å²) >= 11 is 0. The van der Waals surface area contributed by atoms with Gasteiger partial charge in [-0.25, -0.2) is 4.79 Å². The minimum atomic E-state index is -2.08. The molecule has 0 aromatic carbocycles. The number of aliphatic hydroxyl groups is 3. The molecule has 4 rings (SSSR count). The van der Waals surface area contributed by atoms with Gasteiger partial charge in [0.2, 0.25) is 0 Å². The lowest BCUT2D eigenvalue weighted by molar-refractivity contribution is -0.201. The Kier molecular flexibility index (Phi) is 4.97. The van der Waals surface area contributed by atoms with Crippen LogP contribution in [-0.4, -0.2) is 51.5 Å². The van der Waals surface area contributed by atoms with Crippen molar-refractivity contribution in [1.29, 1.82) is 0 Å². The zero-order valence-electron chi connectivity index (χ0n) is 19.2. The highest BCUT2D eigenvalue weighted by Gasteiger charge is 2.76. The van der Waals surface area contributed by atoms with Crippen LogP contribution in [-0.2, 0) is 14.3 Å². The van der Waals surface area contributed by atoms with E-state index in [9.17, 15) is 24.9 Å². The molecule has 0 heterocycles. The molecule has 4 aliphatic rings. The summed E-state index contributed by atoms with van der Waals surface area (Å²) in [4.78, 5) is 26.8. The van der Waals surface area contributed by atoms with Crippen LogP contribution in [0.15, 0.2) is 34.9 Å². The van der Waals surface area contributed by atoms with Gasteiger partial charge in [-0.3, -0.25) is 4.79 Å². The van der Waals surface area contributed by atoms with E-state index in [2.05, 4.69) is 13.8 Å². The number of hydrogen-bond donors (Lipinski definition) is 3. The maximum atomic E-state index is 14.2.